The van der Waals surface area contributed by atoms with Crippen molar-refractivity contribution >= 4 is 40.4 Å². The number of alkyl carbamates (subject to hydrolysis) is 1. The number of rotatable bonds is 9. The number of carbonyl (C=O) groups excluding carboxylic acids is 2. The third-order valence-electron chi connectivity index (χ3n) is 8.41. The van der Waals surface area contributed by atoms with E-state index in [4.69, 9.17) is 4.74 Å². The van der Waals surface area contributed by atoms with E-state index in [9.17, 15) is 9.59 Å². The minimum atomic E-state index is -0.514. The number of benzene rings is 1. The van der Waals surface area contributed by atoms with Crippen LogP contribution in [0.1, 0.15) is 70.8 Å². The van der Waals surface area contributed by atoms with Gasteiger partial charge in [-0.05, 0) is 96.6 Å². The van der Waals surface area contributed by atoms with Gasteiger partial charge in [-0.25, -0.2) is 9.78 Å². The highest BCUT2D eigenvalue weighted by molar-refractivity contribution is 7.13. The second-order valence-electron chi connectivity index (χ2n) is 13.3. The Morgan fingerprint density at radius 3 is 2.49 bits per heavy atom. The van der Waals surface area contributed by atoms with Crippen molar-refractivity contribution in [2.75, 3.05) is 48.3 Å². The molecule has 2 aliphatic rings. The first-order valence-corrected chi connectivity index (χ1v) is 17.0. The van der Waals surface area contributed by atoms with Crippen LogP contribution < -0.4 is 20.9 Å². The van der Waals surface area contributed by atoms with Gasteiger partial charge >= 0.3 is 6.09 Å². The van der Waals surface area contributed by atoms with Gasteiger partial charge in [-0.2, -0.15) is 0 Å². The topological polar surface area (TPSA) is 112 Å². The monoisotopic (exact) mass is 633 g/mol. The highest BCUT2D eigenvalue weighted by atomic mass is 32.1. The number of carbonyl (C=O) groups is 2. The Morgan fingerprint density at radius 2 is 1.82 bits per heavy atom. The maximum Gasteiger partial charge on any atom is 0.407 e. The summed E-state index contributed by atoms with van der Waals surface area (Å²) in [5, 5.41) is 12.4. The SMILES string of the molecule is CC(C)N1CCC(Nc2ccc(N3CCC(CNC(=O)OC(C)(C)C)CC3)c(NC(=O)c3csc(-c4cccnc4)n3)c2)CC1. The molecule has 2 aliphatic heterocycles. The van der Waals surface area contributed by atoms with E-state index in [-0.39, 0.29) is 12.0 Å². The van der Waals surface area contributed by atoms with Gasteiger partial charge in [0.05, 0.1) is 11.4 Å². The van der Waals surface area contributed by atoms with Crippen molar-refractivity contribution < 1.29 is 14.3 Å². The third-order valence-corrected chi connectivity index (χ3v) is 9.30. The van der Waals surface area contributed by atoms with Gasteiger partial charge in [-0.15, -0.1) is 11.3 Å². The van der Waals surface area contributed by atoms with Crippen molar-refractivity contribution in [3.63, 3.8) is 0 Å². The summed E-state index contributed by atoms with van der Waals surface area (Å²) in [5.41, 5.74) is 3.52. The second kappa shape index (κ2) is 14.6. The number of nitrogens with one attached hydrogen (secondary N) is 3. The van der Waals surface area contributed by atoms with Crippen molar-refractivity contribution in [2.45, 2.75) is 78.0 Å². The van der Waals surface area contributed by atoms with Gasteiger partial charge in [0, 0.05) is 73.8 Å². The van der Waals surface area contributed by atoms with Crippen LogP contribution in [0.2, 0.25) is 0 Å². The Balaban J connectivity index is 1.27. The van der Waals surface area contributed by atoms with Gasteiger partial charge in [-0.3, -0.25) is 9.78 Å². The number of hydrogen-bond acceptors (Lipinski definition) is 9. The number of anilines is 3. The highest BCUT2D eigenvalue weighted by Crippen LogP contribution is 2.34. The third kappa shape index (κ3) is 9.17. The van der Waals surface area contributed by atoms with Crippen LogP contribution in [-0.2, 0) is 4.74 Å². The number of amides is 2. The molecule has 242 valence electrons. The number of thiazole rings is 1. The zero-order chi connectivity index (χ0) is 32.0. The van der Waals surface area contributed by atoms with Crippen LogP contribution in [0.15, 0.2) is 48.1 Å². The first-order valence-electron chi connectivity index (χ1n) is 16.1. The summed E-state index contributed by atoms with van der Waals surface area (Å²) in [6.45, 7) is 14.5. The fourth-order valence-corrected chi connectivity index (χ4v) is 6.69. The van der Waals surface area contributed by atoms with Crippen LogP contribution in [0.25, 0.3) is 10.6 Å². The van der Waals surface area contributed by atoms with E-state index in [1.165, 1.54) is 11.3 Å². The fraction of sp³-hybridized carbons (Fsp3) is 0.529. The van der Waals surface area contributed by atoms with Gasteiger partial charge in [0.2, 0.25) is 0 Å². The molecule has 0 aliphatic carbocycles. The Hall–Kier alpha value is -3.70. The Kier molecular flexibility index (Phi) is 10.6. The fourth-order valence-electron chi connectivity index (χ4n) is 5.90. The summed E-state index contributed by atoms with van der Waals surface area (Å²) in [7, 11) is 0. The lowest BCUT2D eigenvalue weighted by molar-refractivity contribution is 0.0516. The summed E-state index contributed by atoms with van der Waals surface area (Å²) in [6, 6.07) is 11.1. The van der Waals surface area contributed by atoms with Crippen molar-refractivity contribution in [1.29, 1.82) is 0 Å². The smallest absolute Gasteiger partial charge is 0.407 e. The van der Waals surface area contributed by atoms with Gasteiger partial charge in [0.25, 0.3) is 5.91 Å². The molecule has 11 heteroatoms. The molecule has 5 rings (SSSR count). The van der Waals surface area contributed by atoms with Gasteiger partial charge < -0.3 is 30.5 Å². The number of likely N-dealkylation sites (tertiary alicyclic amines) is 1. The number of hydrogen-bond donors (Lipinski definition) is 3. The highest BCUT2D eigenvalue weighted by Gasteiger charge is 2.25. The number of ether oxygens (including phenoxy) is 1. The molecule has 0 atom stereocenters. The van der Waals surface area contributed by atoms with Crippen LogP contribution in [-0.4, -0.2) is 77.3 Å². The quantitative estimate of drug-likeness (QED) is 0.246. The van der Waals surface area contributed by atoms with E-state index >= 15 is 0 Å². The number of pyridine rings is 1. The van der Waals surface area contributed by atoms with E-state index in [1.807, 2.05) is 32.9 Å². The number of aromatic nitrogens is 2. The molecule has 0 unspecified atom stereocenters. The standard InChI is InChI=1S/C34H47N7O3S/c1-23(2)40-17-12-26(13-18-40)37-27-8-9-30(41-15-10-24(11-16-41)20-36-33(43)44-34(3,4)5)28(19-27)38-31(42)29-22-45-32(39-29)25-7-6-14-35-21-25/h6-9,14,19,21-24,26,37H,10-13,15-18,20H2,1-5H3,(H,36,43)(H,38,42). The molecule has 2 fully saturated rings. The van der Waals surface area contributed by atoms with Crippen molar-refractivity contribution in [3.05, 3.63) is 53.8 Å². The van der Waals surface area contributed by atoms with E-state index in [1.54, 1.807) is 17.8 Å². The largest absolute Gasteiger partial charge is 0.444 e. The van der Waals surface area contributed by atoms with Gasteiger partial charge in [0.1, 0.15) is 16.3 Å². The predicted octanol–water partition coefficient (Wildman–Crippen LogP) is 6.48. The van der Waals surface area contributed by atoms with E-state index in [2.05, 4.69) is 67.8 Å². The van der Waals surface area contributed by atoms with Gasteiger partial charge in [-0.1, -0.05) is 0 Å². The normalized spacial score (nSPS) is 16.9. The molecular formula is C34H47N7O3S. The predicted molar refractivity (Wildman–Crippen MR) is 182 cm³/mol. The molecule has 2 amide bonds. The Morgan fingerprint density at radius 1 is 1.07 bits per heavy atom. The summed E-state index contributed by atoms with van der Waals surface area (Å²) in [6.07, 6.45) is 7.13. The molecule has 2 aromatic heterocycles. The minimum absolute atomic E-state index is 0.235. The summed E-state index contributed by atoms with van der Waals surface area (Å²) < 4.78 is 5.40. The first kappa shape index (κ1) is 32.7. The summed E-state index contributed by atoms with van der Waals surface area (Å²) >= 11 is 1.43. The lowest BCUT2D eigenvalue weighted by atomic mass is 9.96. The maximum absolute atomic E-state index is 13.5. The molecule has 3 N–H and O–H groups in total. The van der Waals surface area contributed by atoms with E-state index in [0.717, 1.165) is 79.5 Å². The second-order valence-corrected chi connectivity index (χ2v) is 14.2. The summed E-state index contributed by atoms with van der Waals surface area (Å²) in [4.78, 5) is 39.3. The molecule has 45 heavy (non-hydrogen) atoms. The van der Waals surface area contributed by atoms with Crippen LogP contribution in [0.4, 0.5) is 21.9 Å². The molecule has 10 nitrogen and oxygen atoms in total. The molecular weight excluding hydrogens is 586 g/mol. The molecule has 0 radical (unpaired) electrons. The lowest BCUT2D eigenvalue weighted by Gasteiger charge is -2.36. The van der Waals surface area contributed by atoms with Crippen LogP contribution in [0.3, 0.4) is 0 Å². The van der Waals surface area contributed by atoms with Gasteiger partial charge in [0.15, 0.2) is 0 Å². The molecule has 0 bridgehead atoms. The van der Waals surface area contributed by atoms with Crippen LogP contribution in [0.5, 0.6) is 0 Å². The minimum Gasteiger partial charge on any atom is -0.444 e. The zero-order valence-corrected chi connectivity index (χ0v) is 28.0. The molecule has 1 aromatic carbocycles. The first-order chi connectivity index (χ1) is 21.5. The van der Waals surface area contributed by atoms with Crippen LogP contribution >= 0.6 is 11.3 Å². The maximum atomic E-state index is 13.5. The van der Waals surface area contributed by atoms with Crippen molar-refractivity contribution in [1.82, 2.24) is 20.2 Å². The van der Waals surface area contributed by atoms with Crippen molar-refractivity contribution in [2.24, 2.45) is 5.92 Å². The average molecular weight is 634 g/mol. The van der Waals surface area contributed by atoms with Crippen LogP contribution in [0, 0.1) is 5.92 Å². The van der Waals surface area contributed by atoms with E-state index in [0.29, 0.717) is 30.2 Å². The Labute approximate surface area is 271 Å². The zero-order valence-electron chi connectivity index (χ0n) is 27.1. The van der Waals surface area contributed by atoms with Crippen molar-refractivity contribution in [3.8, 4) is 10.6 Å². The van der Waals surface area contributed by atoms with E-state index < -0.39 is 5.60 Å². The lowest BCUT2D eigenvalue weighted by Crippen LogP contribution is -2.42. The molecule has 4 heterocycles. The molecule has 0 spiro atoms. The summed E-state index contributed by atoms with van der Waals surface area (Å²) in [5.74, 6) is 0.131. The molecule has 0 saturated carbocycles. The molecule has 2 saturated heterocycles. The Bertz CT molecular complexity index is 1420. The average Bonchev–Trinajstić information content (AvgIpc) is 3.51. The molecule has 3 aromatic rings. The number of nitrogens with zero attached hydrogens (tertiary/aromatic N) is 4. The number of piperidine rings is 2.